The van der Waals surface area contributed by atoms with Gasteiger partial charge in [-0.05, 0) is 51.1 Å². The van der Waals surface area contributed by atoms with Gasteiger partial charge < -0.3 is 15.7 Å². The maximum absolute atomic E-state index is 11.0. The summed E-state index contributed by atoms with van der Waals surface area (Å²) in [6.07, 6.45) is 9.35. The topological polar surface area (TPSA) is 66.6 Å². The number of rotatable bonds is 3. The van der Waals surface area contributed by atoms with Gasteiger partial charge in [-0.3, -0.25) is 4.79 Å². The number of aliphatic carboxylic acids is 1. The average molecular weight is 254 g/mol. The minimum Gasteiger partial charge on any atom is -0.480 e. The van der Waals surface area contributed by atoms with E-state index in [0.717, 1.165) is 13.1 Å². The number of likely N-dealkylation sites (tertiary alicyclic amines) is 1. The molecule has 1 aliphatic carbocycles. The van der Waals surface area contributed by atoms with Crippen LogP contribution in [0.5, 0.6) is 0 Å². The van der Waals surface area contributed by atoms with Crippen molar-refractivity contribution in [2.75, 3.05) is 19.6 Å². The molecule has 1 saturated heterocycles. The number of carbonyl (C=O) groups is 1. The fraction of sp³-hybridized carbons (Fsp3) is 0.929. The Bertz CT molecular complexity index is 299. The monoisotopic (exact) mass is 254 g/mol. The van der Waals surface area contributed by atoms with Crippen LogP contribution in [0, 0.1) is 5.41 Å². The highest BCUT2D eigenvalue weighted by Gasteiger charge is 2.38. The minimum atomic E-state index is -1.11. The lowest BCUT2D eigenvalue weighted by atomic mass is 9.68. The van der Waals surface area contributed by atoms with Crippen LogP contribution in [0.1, 0.15) is 51.9 Å². The maximum Gasteiger partial charge on any atom is 0.324 e. The third kappa shape index (κ3) is 3.04. The molecule has 1 atom stereocenters. The number of piperidine rings is 1. The molecule has 0 aromatic carbocycles. The first-order chi connectivity index (χ1) is 8.44. The highest BCUT2D eigenvalue weighted by molar-refractivity contribution is 5.78. The Hall–Kier alpha value is -0.610. The van der Waals surface area contributed by atoms with Crippen molar-refractivity contribution in [2.24, 2.45) is 11.1 Å². The van der Waals surface area contributed by atoms with Crippen molar-refractivity contribution in [3.8, 4) is 0 Å². The fourth-order valence-electron chi connectivity index (χ4n) is 3.52. The number of carboxylic acids is 1. The third-order valence-corrected chi connectivity index (χ3v) is 4.87. The van der Waals surface area contributed by atoms with Gasteiger partial charge in [0.2, 0.25) is 0 Å². The molecular formula is C14H26N2O2. The Morgan fingerprint density at radius 3 is 2.28 bits per heavy atom. The predicted molar refractivity (Wildman–Crippen MR) is 71.4 cm³/mol. The van der Waals surface area contributed by atoms with Crippen LogP contribution in [0.4, 0.5) is 0 Å². The van der Waals surface area contributed by atoms with Crippen LogP contribution < -0.4 is 5.73 Å². The number of nitrogens with two attached hydrogens (primary N) is 1. The van der Waals surface area contributed by atoms with E-state index in [1.807, 2.05) is 0 Å². The van der Waals surface area contributed by atoms with Crippen molar-refractivity contribution in [1.82, 2.24) is 4.90 Å². The lowest BCUT2D eigenvalue weighted by Crippen LogP contribution is -2.55. The summed E-state index contributed by atoms with van der Waals surface area (Å²) in [5.41, 5.74) is 5.28. The number of nitrogens with zero attached hydrogens (tertiary/aromatic N) is 1. The summed E-state index contributed by atoms with van der Waals surface area (Å²) in [5, 5.41) is 9.06. The molecule has 1 saturated carbocycles. The van der Waals surface area contributed by atoms with Gasteiger partial charge >= 0.3 is 5.97 Å². The second-order valence-electron chi connectivity index (χ2n) is 6.56. The van der Waals surface area contributed by atoms with Gasteiger partial charge in [0.05, 0.1) is 0 Å². The van der Waals surface area contributed by atoms with Crippen LogP contribution in [-0.2, 0) is 4.79 Å². The first-order valence-corrected chi connectivity index (χ1v) is 7.18. The summed E-state index contributed by atoms with van der Waals surface area (Å²) in [4.78, 5) is 13.3. The molecule has 1 heterocycles. The fourth-order valence-corrected chi connectivity index (χ4v) is 3.52. The summed E-state index contributed by atoms with van der Waals surface area (Å²) in [5.74, 6) is -0.902. The van der Waals surface area contributed by atoms with Gasteiger partial charge in [0.25, 0.3) is 0 Å². The van der Waals surface area contributed by atoms with E-state index >= 15 is 0 Å². The molecule has 0 amide bonds. The molecule has 1 unspecified atom stereocenters. The molecule has 2 aliphatic rings. The Morgan fingerprint density at radius 2 is 1.78 bits per heavy atom. The summed E-state index contributed by atoms with van der Waals surface area (Å²) in [7, 11) is 0. The predicted octanol–water partition coefficient (Wildman–Crippen LogP) is 1.83. The van der Waals surface area contributed by atoms with Crippen molar-refractivity contribution in [1.29, 1.82) is 0 Å². The smallest absolute Gasteiger partial charge is 0.324 e. The van der Waals surface area contributed by atoms with Crippen molar-refractivity contribution < 1.29 is 9.90 Å². The molecule has 104 valence electrons. The van der Waals surface area contributed by atoms with E-state index in [0.29, 0.717) is 12.0 Å². The van der Waals surface area contributed by atoms with E-state index in [1.54, 1.807) is 6.92 Å². The summed E-state index contributed by atoms with van der Waals surface area (Å²) in [6.45, 7) is 4.11. The van der Waals surface area contributed by atoms with Crippen molar-refractivity contribution in [3.63, 3.8) is 0 Å². The molecule has 3 N–H and O–H groups in total. The number of hydrogen-bond donors (Lipinski definition) is 2. The first kappa shape index (κ1) is 13.8. The van der Waals surface area contributed by atoms with Crippen LogP contribution >= 0.6 is 0 Å². The molecule has 4 nitrogen and oxygen atoms in total. The third-order valence-electron chi connectivity index (χ3n) is 4.87. The zero-order valence-corrected chi connectivity index (χ0v) is 11.5. The summed E-state index contributed by atoms with van der Waals surface area (Å²) < 4.78 is 0. The van der Waals surface area contributed by atoms with Crippen LogP contribution in [0.25, 0.3) is 0 Å². The molecule has 18 heavy (non-hydrogen) atoms. The number of carboxylic acid groups (broad SMARTS) is 1. The molecule has 0 bridgehead atoms. The van der Waals surface area contributed by atoms with E-state index in [4.69, 9.17) is 10.8 Å². The zero-order valence-electron chi connectivity index (χ0n) is 11.5. The van der Waals surface area contributed by atoms with Crippen molar-refractivity contribution in [3.05, 3.63) is 0 Å². The summed E-state index contributed by atoms with van der Waals surface area (Å²) >= 11 is 0. The van der Waals surface area contributed by atoms with Gasteiger partial charge in [0.15, 0.2) is 0 Å². The Labute approximate surface area is 110 Å². The van der Waals surface area contributed by atoms with Gasteiger partial charge in [0, 0.05) is 6.54 Å². The molecule has 0 aromatic rings. The van der Waals surface area contributed by atoms with Gasteiger partial charge in [-0.1, -0.05) is 19.3 Å². The molecule has 2 rings (SSSR count). The zero-order chi connectivity index (χ0) is 13.2. The van der Waals surface area contributed by atoms with Crippen molar-refractivity contribution >= 4 is 5.97 Å². The molecule has 2 fully saturated rings. The van der Waals surface area contributed by atoms with E-state index in [-0.39, 0.29) is 0 Å². The van der Waals surface area contributed by atoms with E-state index in [1.165, 1.54) is 44.9 Å². The average Bonchev–Trinajstić information content (AvgIpc) is 2.33. The highest BCUT2D eigenvalue weighted by atomic mass is 16.4. The van der Waals surface area contributed by atoms with Crippen LogP contribution in [0.3, 0.4) is 0 Å². The molecule has 1 aliphatic heterocycles. The van der Waals surface area contributed by atoms with Crippen LogP contribution in [0.15, 0.2) is 0 Å². The molecular weight excluding hydrogens is 228 g/mol. The Morgan fingerprint density at radius 1 is 1.22 bits per heavy atom. The molecule has 4 heteroatoms. The van der Waals surface area contributed by atoms with Crippen LogP contribution in [0.2, 0.25) is 0 Å². The van der Waals surface area contributed by atoms with Crippen molar-refractivity contribution in [2.45, 2.75) is 57.4 Å². The first-order valence-electron chi connectivity index (χ1n) is 7.18. The van der Waals surface area contributed by atoms with E-state index in [9.17, 15) is 4.79 Å². The lowest BCUT2D eigenvalue weighted by Gasteiger charge is -2.45. The normalized spacial score (nSPS) is 27.9. The summed E-state index contributed by atoms with van der Waals surface area (Å²) in [6, 6.07) is 0. The molecule has 1 spiro atoms. The Kier molecular flexibility index (Phi) is 3.97. The van der Waals surface area contributed by atoms with Gasteiger partial charge in [-0.25, -0.2) is 0 Å². The molecule has 0 aromatic heterocycles. The SMILES string of the molecule is CC(N)(CN1CCC2(CCCCC2)CC1)C(=O)O. The van der Waals surface area contributed by atoms with Gasteiger partial charge in [-0.15, -0.1) is 0 Å². The van der Waals surface area contributed by atoms with Gasteiger partial charge in [0.1, 0.15) is 5.54 Å². The van der Waals surface area contributed by atoms with E-state index in [2.05, 4.69) is 4.90 Å². The highest BCUT2D eigenvalue weighted by Crippen LogP contribution is 2.44. The maximum atomic E-state index is 11.0. The van der Waals surface area contributed by atoms with Crippen LogP contribution in [-0.4, -0.2) is 41.1 Å². The largest absolute Gasteiger partial charge is 0.480 e. The van der Waals surface area contributed by atoms with E-state index < -0.39 is 11.5 Å². The lowest BCUT2D eigenvalue weighted by molar-refractivity contribution is -0.143. The standard InChI is InChI=1S/C14H26N2O2/c1-13(15,12(17)18)11-16-9-7-14(8-10-16)5-3-2-4-6-14/h2-11,15H2,1H3,(H,17,18). The van der Waals surface area contributed by atoms with Gasteiger partial charge in [-0.2, -0.15) is 0 Å². The number of hydrogen-bond acceptors (Lipinski definition) is 3. The molecule has 0 radical (unpaired) electrons. The second kappa shape index (κ2) is 5.17. The Balaban J connectivity index is 1.85. The minimum absolute atomic E-state index is 0.471. The second-order valence-corrected chi connectivity index (χ2v) is 6.56. The quantitative estimate of drug-likeness (QED) is 0.806.